The molecular formula is C23H27N3O5. The van der Waals surface area contributed by atoms with Crippen LogP contribution in [0.4, 0.5) is 0 Å². The van der Waals surface area contributed by atoms with Crippen LogP contribution in [0, 0.1) is 0 Å². The summed E-state index contributed by atoms with van der Waals surface area (Å²) in [5.74, 6) is -4.01. The van der Waals surface area contributed by atoms with Crippen LogP contribution in [0.1, 0.15) is 18.9 Å². The normalized spacial score (nSPS) is 11.4. The van der Waals surface area contributed by atoms with Gasteiger partial charge in [-0.05, 0) is 24.6 Å². The lowest BCUT2D eigenvalue weighted by Crippen LogP contribution is -3.12. The van der Waals surface area contributed by atoms with E-state index in [1.807, 2.05) is 24.3 Å². The molecule has 2 aromatic carbocycles. The minimum atomic E-state index is -2.07. The van der Waals surface area contributed by atoms with Crippen molar-refractivity contribution in [2.75, 3.05) is 19.6 Å². The van der Waals surface area contributed by atoms with Crippen molar-refractivity contribution in [3.8, 4) is 0 Å². The van der Waals surface area contributed by atoms with Gasteiger partial charge in [-0.3, -0.25) is 9.36 Å². The van der Waals surface area contributed by atoms with Crippen molar-refractivity contribution in [3.05, 3.63) is 76.8 Å². The average Bonchev–Trinajstić information content (AvgIpc) is 2.78. The predicted octanol–water partition coefficient (Wildman–Crippen LogP) is -0.245. The molecule has 31 heavy (non-hydrogen) atoms. The van der Waals surface area contributed by atoms with E-state index in [9.17, 15) is 4.79 Å². The topological polar surface area (TPSA) is 117 Å². The number of carbonyl (C=O) groups excluding carboxylic acids is 1. The smallest absolute Gasteiger partial charge is 0.351 e. The van der Waals surface area contributed by atoms with Crippen LogP contribution >= 0.6 is 0 Å². The molecule has 0 amide bonds. The fourth-order valence-corrected chi connectivity index (χ4v) is 3.21. The van der Waals surface area contributed by atoms with Crippen molar-refractivity contribution in [1.82, 2.24) is 9.55 Å². The Morgan fingerprint density at radius 1 is 1.06 bits per heavy atom. The molecule has 0 aliphatic carbocycles. The lowest BCUT2D eigenvalue weighted by Gasteiger charge is -2.18. The van der Waals surface area contributed by atoms with Gasteiger partial charge >= 0.3 is 5.97 Å². The number of nitrogens with one attached hydrogen (secondary N) is 1. The number of rotatable bonds is 8. The van der Waals surface area contributed by atoms with E-state index in [2.05, 4.69) is 42.2 Å². The van der Waals surface area contributed by atoms with E-state index in [1.165, 1.54) is 5.56 Å². The molecule has 0 aliphatic rings. The molecule has 8 nitrogen and oxygen atoms in total. The number of likely N-dealkylation sites (N-methyl/N-ethyl adjacent to an activating group) is 1. The Morgan fingerprint density at radius 2 is 1.71 bits per heavy atom. The van der Waals surface area contributed by atoms with Gasteiger partial charge in [-0.1, -0.05) is 42.5 Å². The molecule has 1 aromatic heterocycles. The van der Waals surface area contributed by atoms with E-state index in [-0.39, 0.29) is 5.56 Å². The predicted molar refractivity (Wildman–Crippen MR) is 115 cm³/mol. The highest BCUT2D eigenvalue weighted by molar-refractivity contribution is 6.26. The number of hydrogen-bond acceptors (Lipinski definition) is 5. The molecule has 0 spiro atoms. The fraction of sp³-hybridized carbons (Fsp3) is 0.304. The lowest BCUT2D eigenvalue weighted by atomic mass is 10.1. The molecule has 0 saturated carbocycles. The summed E-state index contributed by atoms with van der Waals surface area (Å²) in [6.07, 6.45) is 3.76. The van der Waals surface area contributed by atoms with Crippen LogP contribution in [0.25, 0.3) is 10.9 Å². The van der Waals surface area contributed by atoms with Crippen LogP contribution in [-0.2, 0) is 22.6 Å². The van der Waals surface area contributed by atoms with Crippen molar-refractivity contribution >= 4 is 22.8 Å². The number of aryl methyl sites for hydroxylation is 1. The van der Waals surface area contributed by atoms with Gasteiger partial charge in [-0.2, -0.15) is 0 Å². The second-order valence-corrected chi connectivity index (χ2v) is 7.05. The number of carboxylic acids is 2. The molecule has 1 unspecified atom stereocenters. The lowest BCUT2D eigenvalue weighted by molar-refractivity contribution is -0.898. The summed E-state index contributed by atoms with van der Waals surface area (Å²) in [5.41, 5.74) is 2.23. The number of benzene rings is 2. The monoisotopic (exact) mass is 425 g/mol. The van der Waals surface area contributed by atoms with Gasteiger partial charge < -0.3 is 19.9 Å². The van der Waals surface area contributed by atoms with Crippen molar-refractivity contribution in [2.45, 2.75) is 26.3 Å². The zero-order valence-electron chi connectivity index (χ0n) is 17.5. The number of aromatic nitrogens is 2. The Bertz CT molecular complexity index is 1040. The summed E-state index contributed by atoms with van der Waals surface area (Å²) in [4.78, 5) is 36.5. The Labute approximate surface area is 180 Å². The molecule has 0 radical (unpaired) electrons. The minimum Gasteiger partial charge on any atom is -0.539 e. The van der Waals surface area contributed by atoms with Crippen molar-refractivity contribution in [1.29, 1.82) is 0 Å². The standard InChI is InChI=1S/C21H25N3O.C2H2O4/c1-2-23(16-13-18-9-4-3-5-10-18)14-8-15-24-17-22-20-12-7-6-11-19(20)21(24)25;3-1(4)2(5)6/h3-7,9-12,17H,2,8,13-16H2,1H3;(H,3,4)(H,5,6). The Balaban J connectivity index is 0.000000501. The third-order valence-electron chi connectivity index (χ3n) is 4.95. The summed E-state index contributed by atoms with van der Waals surface area (Å²) in [6.45, 7) is 6.27. The first-order valence-electron chi connectivity index (χ1n) is 10.2. The second-order valence-electron chi connectivity index (χ2n) is 7.05. The largest absolute Gasteiger partial charge is 0.539 e. The van der Waals surface area contributed by atoms with Gasteiger partial charge in [-0.15, -0.1) is 0 Å². The summed E-state index contributed by atoms with van der Waals surface area (Å²) in [6, 6.07) is 18.2. The van der Waals surface area contributed by atoms with E-state index in [4.69, 9.17) is 19.8 Å². The number of fused-ring (bicyclic) bond motifs is 1. The van der Waals surface area contributed by atoms with E-state index in [0.29, 0.717) is 5.39 Å². The maximum Gasteiger partial charge on any atom is 0.351 e. The summed E-state index contributed by atoms with van der Waals surface area (Å²) in [5, 5.41) is 17.0. The average molecular weight is 425 g/mol. The minimum absolute atomic E-state index is 0.0629. The molecule has 0 saturated heterocycles. The van der Waals surface area contributed by atoms with Crippen LogP contribution in [0.2, 0.25) is 0 Å². The Morgan fingerprint density at radius 3 is 2.35 bits per heavy atom. The number of carboxylic acid groups (broad SMARTS) is 2. The van der Waals surface area contributed by atoms with Crippen LogP contribution in [0.5, 0.6) is 0 Å². The van der Waals surface area contributed by atoms with E-state index < -0.39 is 11.9 Å². The number of carbonyl (C=O) groups is 2. The highest BCUT2D eigenvalue weighted by Crippen LogP contribution is 2.04. The van der Waals surface area contributed by atoms with Crippen molar-refractivity contribution in [2.24, 2.45) is 0 Å². The number of hydrogen-bond donors (Lipinski definition) is 2. The van der Waals surface area contributed by atoms with Gasteiger partial charge in [0.2, 0.25) is 0 Å². The maximum absolute atomic E-state index is 12.5. The molecule has 2 N–H and O–H groups in total. The van der Waals surface area contributed by atoms with Gasteiger partial charge in [0.05, 0.1) is 36.9 Å². The summed E-state index contributed by atoms with van der Waals surface area (Å²) < 4.78 is 1.74. The molecule has 164 valence electrons. The molecule has 0 aliphatic heterocycles. The number of aliphatic carboxylic acids is 2. The first-order valence-corrected chi connectivity index (χ1v) is 10.2. The Hall–Kier alpha value is -3.52. The molecule has 8 heteroatoms. The molecule has 0 fully saturated rings. The zero-order valence-corrected chi connectivity index (χ0v) is 17.5. The molecular weight excluding hydrogens is 398 g/mol. The first kappa shape index (κ1) is 23.8. The third kappa shape index (κ3) is 7.67. The number of quaternary nitrogens is 1. The quantitative estimate of drug-likeness (QED) is 0.481. The number of nitrogens with zero attached hydrogens (tertiary/aromatic N) is 2. The van der Waals surface area contributed by atoms with Gasteiger partial charge in [-0.25, -0.2) is 9.78 Å². The van der Waals surface area contributed by atoms with Gasteiger partial charge in [0.25, 0.3) is 5.56 Å². The van der Waals surface area contributed by atoms with Crippen LogP contribution < -0.4 is 15.6 Å². The van der Waals surface area contributed by atoms with Crippen LogP contribution in [0.3, 0.4) is 0 Å². The zero-order chi connectivity index (χ0) is 22.6. The van der Waals surface area contributed by atoms with E-state index >= 15 is 0 Å². The highest BCUT2D eigenvalue weighted by Gasteiger charge is 2.08. The van der Waals surface area contributed by atoms with Crippen LogP contribution in [0.15, 0.2) is 65.7 Å². The summed E-state index contributed by atoms with van der Waals surface area (Å²) >= 11 is 0. The SMILES string of the molecule is CC[NH+](CCCn1cnc2ccccc2c1=O)CCc1ccccc1.O=C([O-])C(=O)O. The van der Waals surface area contributed by atoms with Gasteiger partial charge in [0, 0.05) is 19.4 Å². The molecule has 1 heterocycles. The fourth-order valence-electron chi connectivity index (χ4n) is 3.21. The molecule has 3 aromatic rings. The van der Waals surface area contributed by atoms with E-state index in [0.717, 1.165) is 44.5 Å². The third-order valence-corrected chi connectivity index (χ3v) is 4.95. The van der Waals surface area contributed by atoms with Crippen LogP contribution in [-0.4, -0.2) is 46.2 Å². The molecule has 3 rings (SSSR count). The van der Waals surface area contributed by atoms with Crippen molar-refractivity contribution < 1.29 is 24.7 Å². The second kappa shape index (κ2) is 12.2. The van der Waals surface area contributed by atoms with Gasteiger partial charge in [0.15, 0.2) is 5.97 Å². The Kier molecular flexibility index (Phi) is 9.38. The number of para-hydroxylation sites is 1. The molecule has 0 bridgehead atoms. The van der Waals surface area contributed by atoms with Gasteiger partial charge in [0.1, 0.15) is 0 Å². The highest BCUT2D eigenvalue weighted by atomic mass is 16.4. The maximum atomic E-state index is 12.5. The summed E-state index contributed by atoms with van der Waals surface area (Å²) in [7, 11) is 0. The first-order chi connectivity index (χ1) is 14.9. The molecule has 1 atom stereocenters. The van der Waals surface area contributed by atoms with Crippen molar-refractivity contribution in [3.63, 3.8) is 0 Å². The van der Waals surface area contributed by atoms with E-state index in [1.54, 1.807) is 15.8 Å².